The van der Waals surface area contributed by atoms with Crippen LogP contribution >= 0.6 is 22.7 Å². The second-order valence-electron chi connectivity index (χ2n) is 5.30. The lowest BCUT2D eigenvalue weighted by Crippen LogP contribution is -2.42. The molecule has 5 nitrogen and oxygen atoms in total. The van der Waals surface area contributed by atoms with E-state index in [4.69, 9.17) is 4.74 Å². The number of nitrogens with one attached hydrogen (secondary N) is 1. The third kappa shape index (κ3) is 2.83. The first-order chi connectivity index (χ1) is 11.3. The van der Waals surface area contributed by atoms with E-state index < -0.39 is 0 Å². The predicted molar refractivity (Wildman–Crippen MR) is 90.8 cm³/mol. The fourth-order valence-electron chi connectivity index (χ4n) is 2.73. The number of aromatic nitrogens is 2. The molecule has 4 heterocycles. The minimum Gasteiger partial charge on any atom is -0.369 e. The van der Waals surface area contributed by atoms with Gasteiger partial charge in [-0.25, -0.2) is 0 Å². The van der Waals surface area contributed by atoms with Gasteiger partial charge in [0.25, 0.3) is 5.91 Å². The summed E-state index contributed by atoms with van der Waals surface area (Å²) in [6.07, 6.45) is 1.58. The highest BCUT2D eigenvalue weighted by Crippen LogP contribution is 2.29. The second-order valence-corrected chi connectivity index (χ2v) is 7.06. The number of H-pyrrole nitrogens is 1. The molecule has 1 fully saturated rings. The maximum atomic E-state index is 12.9. The van der Waals surface area contributed by atoms with Gasteiger partial charge in [0.15, 0.2) is 0 Å². The quantitative estimate of drug-likeness (QED) is 0.791. The van der Waals surface area contributed by atoms with Crippen molar-refractivity contribution in [3.05, 3.63) is 51.0 Å². The zero-order valence-electron chi connectivity index (χ0n) is 12.3. The lowest BCUT2D eigenvalue weighted by Gasteiger charge is -2.32. The molecule has 1 unspecified atom stereocenters. The second kappa shape index (κ2) is 6.27. The van der Waals surface area contributed by atoms with Crippen molar-refractivity contribution in [1.82, 2.24) is 15.1 Å². The van der Waals surface area contributed by atoms with Gasteiger partial charge in [0.05, 0.1) is 30.6 Å². The van der Waals surface area contributed by atoms with Crippen LogP contribution in [0.3, 0.4) is 0 Å². The van der Waals surface area contributed by atoms with Gasteiger partial charge >= 0.3 is 0 Å². The van der Waals surface area contributed by atoms with Crippen LogP contribution in [0.2, 0.25) is 0 Å². The maximum absolute atomic E-state index is 12.9. The molecule has 23 heavy (non-hydrogen) atoms. The Balaban J connectivity index is 1.56. The summed E-state index contributed by atoms with van der Waals surface area (Å²) >= 11 is 3.26. The number of ether oxygens (including phenoxy) is 1. The molecule has 0 aromatic carbocycles. The highest BCUT2D eigenvalue weighted by molar-refractivity contribution is 7.10. The van der Waals surface area contributed by atoms with E-state index in [2.05, 4.69) is 16.3 Å². The Morgan fingerprint density at radius 3 is 3.13 bits per heavy atom. The van der Waals surface area contributed by atoms with Crippen molar-refractivity contribution in [3.63, 3.8) is 0 Å². The molecule has 1 atom stereocenters. The average molecular weight is 345 g/mol. The maximum Gasteiger partial charge on any atom is 0.257 e. The Hall–Kier alpha value is -1.96. The van der Waals surface area contributed by atoms with E-state index in [1.165, 1.54) is 0 Å². The summed E-state index contributed by atoms with van der Waals surface area (Å²) < 4.78 is 5.82. The number of hydrogen-bond donors (Lipinski definition) is 1. The molecule has 3 aromatic heterocycles. The standard InChI is InChI=1S/C16H15N3O2S2/c20-16(12-8-17-18-15(12)11-3-7-22-10-11)19-4-5-21-13(9-19)14-2-1-6-23-14/h1-3,6-8,10,13H,4-5,9H2,(H,17,18). The molecule has 0 radical (unpaired) electrons. The molecule has 0 aliphatic carbocycles. The topological polar surface area (TPSA) is 58.2 Å². The van der Waals surface area contributed by atoms with E-state index in [0.29, 0.717) is 25.3 Å². The minimum atomic E-state index is -0.0378. The molecular formula is C16H15N3O2S2. The molecule has 1 aliphatic rings. The molecule has 1 amide bonds. The summed E-state index contributed by atoms with van der Waals surface area (Å²) in [6.45, 7) is 1.74. The largest absolute Gasteiger partial charge is 0.369 e. The van der Waals surface area contributed by atoms with Gasteiger partial charge in [0, 0.05) is 22.4 Å². The number of amides is 1. The van der Waals surface area contributed by atoms with Crippen molar-refractivity contribution >= 4 is 28.6 Å². The van der Waals surface area contributed by atoms with Gasteiger partial charge in [-0.05, 0) is 22.9 Å². The van der Waals surface area contributed by atoms with Gasteiger partial charge in [-0.1, -0.05) is 6.07 Å². The van der Waals surface area contributed by atoms with Gasteiger partial charge in [0.1, 0.15) is 6.10 Å². The summed E-state index contributed by atoms with van der Waals surface area (Å²) in [5, 5.41) is 13.0. The number of morpholine rings is 1. The first kappa shape index (κ1) is 14.6. The zero-order chi connectivity index (χ0) is 15.6. The van der Waals surface area contributed by atoms with Gasteiger partial charge in [0.2, 0.25) is 0 Å². The minimum absolute atomic E-state index is 0.00445. The molecule has 1 N–H and O–H groups in total. The molecule has 118 valence electrons. The van der Waals surface area contributed by atoms with Crippen LogP contribution in [0.5, 0.6) is 0 Å². The number of carbonyl (C=O) groups is 1. The van der Waals surface area contributed by atoms with Gasteiger partial charge in [-0.3, -0.25) is 9.89 Å². The molecule has 1 saturated heterocycles. The number of nitrogens with zero attached hydrogens (tertiary/aromatic N) is 2. The van der Waals surface area contributed by atoms with E-state index in [1.54, 1.807) is 28.9 Å². The number of hydrogen-bond acceptors (Lipinski definition) is 5. The number of rotatable bonds is 3. The van der Waals surface area contributed by atoms with Crippen LogP contribution in [0.15, 0.2) is 40.5 Å². The van der Waals surface area contributed by atoms with Crippen molar-refractivity contribution in [2.75, 3.05) is 19.7 Å². The Labute approximate surface area is 141 Å². The van der Waals surface area contributed by atoms with Gasteiger partial charge < -0.3 is 9.64 Å². The van der Waals surface area contributed by atoms with E-state index >= 15 is 0 Å². The first-order valence-corrected chi connectivity index (χ1v) is 9.15. The highest BCUT2D eigenvalue weighted by atomic mass is 32.1. The number of aromatic amines is 1. The molecule has 1 aliphatic heterocycles. The van der Waals surface area contributed by atoms with Crippen molar-refractivity contribution in [3.8, 4) is 11.3 Å². The number of thiophene rings is 2. The molecule has 3 aromatic rings. The van der Waals surface area contributed by atoms with Crippen LogP contribution in [0, 0.1) is 0 Å². The van der Waals surface area contributed by atoms with E-state index in [9.17, 15) is 4.79 Å². The Morgan fingerprint density at radius 1 is 1.39 bits per heavy atom. The Morgan fingerprint density at radius 2 is 2.35 bits per heavy atom. The third-order valence-corrected chi connectivity index (χ3v) is 5.54. The average Bonchev–Trinajstić information content (AvgIpc) is 3.35. The van der Waals surface area contributed by atoms with Crippen molar-refractivity contribution in [2.45, 2.75) is 6.10 Å². The number of carbonyl (C=O) groups excluding carboxylic acids is 1. The van der Waals surface area contributed by atoms with Crippen molar-refractivity contribution in [2.24, 2.45) is 0 Å². The molecule has 0 bridgehead atoms. The lowest BCUT2D eigenvalue weighted by molar-refractivity contribution is -0.0211. The van der Waals surface area contributed by atoms with E-state index in [-0.39, 0.29) is 12.0 Å². The summed E-state index contributed by atoms with van der Waals surface area (Å²) in [7, 11) is 0. The lowest BCUT2D eigenvalue weighted by atomic mass is 10.1. The van der Waals surface area contributed by atoms with Crippen LogP contribution in [-0.2, 0) is 4.74 Å². The summed E-state index contributed by atoms with van der Waals surface area (Å²) in [5.41, 5.74) is 2.41. The van der Waals surface area contributed by atoms with Gasteiger partial charge in [-0.15, -0.1) is 11.3 Å². The molecule has 0 saturated carbocycles. The molecule has 7 heteroatoms. The summed E-state index contributed by atoms with van der Waals surface area (Å²) in [6, 6.07) is 6.05. The van der Waals surface area contributed by atoms with Crippen LogP contribution in [0.25, 0.3) is 11.3 Å². The molecule has 4 rings (SSSR count). The van der Waals surface area contributed by atoms with Crippen molar-refractivity contribution in [1.29, 1.82) is 0 Å². The van der Waals surface area contributed by atoms with Crippen LogP contribution in [0.4, 0.5) is 0 Å². The SMILES string of the molecule is O=C(c1cn[nH]c1-c1ccsc1)N1CCOC(c2cccs2)C1. The fraction of sp³-hybridized carbons (Fsp3) is 0.250. The normalized spacial score (nSPS) is 18.3. The highest BCUT2D eigenvalue weighted by Gasteiger charge is 2.28. The van der Waals surface area contributed by atoms with Crippen LogP contribution in [0.1, 0.15) is 21.3 Å². The van der Waals surface area contributed by atoms with Crippen molar-refractivity contribution < 1.29 is 9.53 Å². The summed E-state index contributed by atoms with van der Waals surface area (Å²) in [4.78, 5) is 15.9. The Bertz CT molecular complexity index is 780. The van der Waals surface area contributed by atoms with Crippen LogP contribution in [-0.4, -0.2) is 40.7 Å². The first-order valence-electron chi connectivity index (χ1n) is 7.33. The fourth-order valence-corrected chi connectivity index (χ4v) is 4.14. The van der Waals surface area contributed by atoms with Gasteiger partial charge in [-0.2, -0.15) is 16.4 Å². The van der Waals surface area contributed by atoms with Crippen LogP contribution < -0.4 is 0 Å². The molecule has 0 spiro atoms. The third-order valence-electron chi connectivity index (χ3n) is 3.89. The molecular weight excluding hydrogens is 330 g/mol. The van der Waals surface area contributed by atoms with E-state index in [0.717, 1.165) is 16.1 Å². The Kier molecular flexibility index (Phi) is 3.99. The smallest absolute Gasteiger partial charge is 0.257 e. The van der Waals surface area contributed by atoms with E-state index in [1.807, 2.05) is 33.2 Å². The zero-order valence-corrected chi connectivity index (χ0v) is 13.9. The summed E-state index contributed by atoms with van der Waals surface area (Å²) in [5.74, 6) is 0.00445. The monoisotopic (exact) mass is 345 g/mol. The predicted octanol–water partition coefficient (Wildman–Crippen LogP) is 3.41.